The van der Waals surface area contributed by atoms with Crippen LogP contribution < -0.4 is 5.32 Å². The maximum absolute atomic E-state index is 11.2. The predicted octanol–water partition coefficient (Wildman–Crippen LogP) is -1.51. The van der Waals surface area contributed by atoms with Gasteiger partial charge in [-0.25, -0.2) is 0 Å². The summed E-state index contributed by atoms with van der Waals surface area (Å²) >= 11 is 0. The van der Waals surface area contributed by atoms with Gasteiger partial charge in [0.2, 0.25) is 0 Å². The zero-order valence-corrected chi connectivity index (χ0v) is 7.56. The molecule has 1 saturated heterocycles. The van der Waals surface area contributed by atoms with Gasteiger partial charge in [-0.05, 0) is 6.42 Å². The van der Waals surface area contributed by atoms with E-state index in [4.69, 9.17) is 10.2 Å². The first kappa shape index (κ1) is 10.4. The number of ether oxygens (including phenoxy) is 1. The first-order chi connectivity index (χ1) is 6.22. The van der Waals surface area contributed by atoms with Gasteiger partial charge in [0.1, 0.15) is 6.04 Å². The van der Waals surface area contributed by atoms with Gasteiger partial charge in [0, 0.05) is 18.6 Å². The Morgan fingerprint density at radius 3 is 2.69 bits per heavy atom. The molecule has 0 spiro atoms. The van der Waals surface area contributed by atoms with Gasteiger partial charge in [0.25, 0.3) is 0 Å². The Hall–Kier alpha value is -0.650. The number of nitrogens with one attached hydrogen (secondary N) is 1. The van der Waals surface area contributed by atoms with E-state index in [1.807, 2.05) is 0 Å². The highest BCUT2D eigenvalue weighted by Gasteiger charge is 2.37. The molecule has 0 amide bonds. The first-order valence-electron chi connectivity index (χ1n) is 4.28. The maximum atomic E-state index is 11.2. The topological polar surface area (TPSA) is 78.8 Å². The van der Waals surface area contributed by atoms with Crippen LogP contribution in [0.1, 0.15) is 6.42 Å². The monoisotopic (exact) mass is 189 g/mol. The van der Waals surface area contributed by atoms with Crippen LogP contribution in [0.15, 0.2) is 0 Å². The van der Waals surface area contributed by atoms with Gasteiger partial charge in [-0.1, -0.05) is 0 Å². The molecule has 5 heteroatoms. The average Bonchev–Trinajstić information content (AvgIpc) is 2.59. The van der Waals surface area contributed by atoms with E-state index in [1.165, 1.54) is 7.11 Å². The van der Waals surface area contributed by atoms with Gasteiger partial charge in [0.05, 0.1) is 13.7 Å². The molecule has 1 heterocycles. The molecule has 0 bridgehead atoms. The van der Waals surface area contributed by atoms with Crippen molar-refractivity contribution in [1.82, 2.24) is 5.32 Å². The van der Waals surface area contributed by atoms with Gasteiger partial charge in [0.15, 0.2) is 0 Å². The normalized spacial score (nSPS) is 33.3. The number of aliphatic hydroxyl groups is 2. The second-order valence-corrected chi connectivity index (χ2v) is 3.23. The molecule has 0 radical (unpaired) electrons. The highest BCUT2D eigenvalue weighted by atomic mass is 16.5. The molecule has 1 aliphatic heterocycles. The molecule has 0 saturated carbocycles. The summed E-state index contributed by atoms with van der Waals surface area (Å²) in [5.74, 6) is -0.528. The van der Waals surface area contributed by atoms with E-state index in [2.05, 4.69) is 10.1 Å². The molecular weight excluding hydrogens is 174 g/mol. The highest BCUT2D eigenvalue weighted by Crippen LogP contribution is 2.20. The average molecular weight is 189 g/mol. The Labute approximate surface area is 76.7 Å². The molecule has 1 aliphatic rings. The Balaban J connectivity index is 2.57. The Bertz CT molecular complexity index is 185. The minimum Gasteiger partial charge on any atom is -0.468 e. The number of hydrogen-bond acceptors (Lipinski definition) is 5. The zero-order valence-electron chi connectivity index (χ0n) is 7.56. The standard InChI is InChI=1S/C8H15NO4/c1-13-8(12)7-5(3-10)2-6(4-11)9-7/h5-7,9-11H,2-4H2,1H3/t5-,6+,7+/m1/s1. The summed E-state index contributed by atoms with van der Waals surface area (Å²) in [6, 6.07) is -0.589. The Morgan fingerprint density at radius 1 is 1.54 bits per heavy atom. The van der Waals surface area contributed by atoms with Crippen LogP contribution in [0, 0.1) is 5.92 Å². The molecule has 0 aromatic heterocycles. The van der Waals surface area contributed by atoms with Crippen LogP contribution in [0.2, 0.25) is 0 Å². The lowest BCUT2D eigenvalue weighted by Crippen LogP contribution is -2.40. The second-order valence-electron chi connectivity index (χ2n) is 3.23. The van der Waals surface area contributed by atoms with Crippen LogP contribution in [0.3, 0.4) is 0 Å². The summed E-state index contributed by atoms with van der Waals surface area (Å²) in [5, 5.41) is 20.7. The van der Waals surface area contributed by atoms with Crippen LogP contribution in [-0.2, 0) is 9.53 Å². The van der Waals surface area contributed by atoms with E-state index in [0.29, 0.717) is 6.42 Å². The number of hydrogen-bond donors (Lipinski definition) is 3. The van der Waals surface area contributed by atoms with Crippen molar-refractivity contribution in [2.45, 2.75) is 18.5 Å². The summed E-state index contributed by atoms with van der Waals surface area (Å²) in [4.78, 5) is 11.2. The van der Waals surface area contributed by atoms with E-state index in [9.17, 15) is 4.79 Å². The van der Waals surface area contributed by atoms with E-state index in [0.717, 1.165) is 0 Å². The number of methoxy groups -OCH3 is 1. The van der Waals surface area contributed by atoms with Gasteiger partial charge in [-0.2, -0.15) is 0 Å². The Morgan fingerprint density at radius 2 is 2.23 bits per heavy atom. The first-order valence-corrected chi connectivity index (χ1v) is 4.28. The molecule has 1 rings (SSSR count). The van der Waals surface area contributed by atoms with E-state index < -0.39 is 6.04 Å². The van der Waals surface area contributed by atoms with Crippen LogP contribution >= 0.6 is 0 Å². The van der Waals surface area contributed by atoms with Crippen molar-refractivity contribution in [2.75, 3.05) is 20.3 Å². The fourth-order valence-corrected chi connectivity index (χ4v) is 1.65. The van der Waals surface area contributed by atoms with Crippen molar-refractivity contribution in [3.8, 4) is 0 Å². The van der Waals surface area contributed by atoms with Crippen LogP contribution in [0.4, 0.5) is 0 Å². The lowest BCUT2D eigenvalue weighted by molar-refractivity contribution is -0.144. The lowest BCUT2D eigenvalue weighted by atomic mass is 10.0. The van der Waals surface area contributed by atoms with Crippen molar-refractivity contribution >= 4 is 5.97 Å². The van der Waals surface area contributed by atoms with Crippen molar-refractivity contribution in [1.29, 1.82) is 0 Å². The third kappa shape index (κ3) is 2.18. The summed E-state index contributed by atoms with van der Waals surface area (Å²) in [6.45, 7) is -0.0900. The summed E-state index contributed by atoms with van der Waals surface area (Å²) < 4.78 is 4.56. The number of carbonyl (C=O) groups is 1. The molecule has 3 N–H and O–H groups in total. The molecule has 13 heavy (non-hydrogen) atoms. The molecule has 3 atom stereocenters. The van der Waals surface area contributed by atoms with Crippen LogP contribution in [0.5, 0.6) is 0 Å². The third-order valence-corrected chi connectivity index (χ3v) is 2.38. The Kier molecular flexibility index (Phi) is 3.65. The molecule has 0 aliphatic carbocycles. The fourth-order valence-electron chi connectivity index (χ4n) is 1.65. The molecule has 0 aromatic rings. The quantitative estimate of drug-likeness (QED) is 0.470. The largest absolute Gasteiger partial charge is 0.468 e. The fraction of sp³-hybridized carbons (Fsp3) is 0.875. The summed E-state index contributed by atoms with van der Waals surface area (Å²) in [6.07, 6.45) is 0.604. The van der Waals surface area contributed by atoms with E-state index >= 15 is 0 Å². The summed E-state index contributed by atoms with van der Waals surface area (Å²) in [5.41, 5.74) is 0. The number of carbonyl (C=O) groups excluding carboxylic acids is 1. The van der Waals surface area contributed by atoms with Gasteiger partial charge >= 0.3 is 5.97 Å². The molecular formula is C8H15NO4. The molecule has 5 nitrogen and oxygen atoms in total. The molecule has 1 fully saturated rings. The maximum Gasteiger partial charge on any atom is 0.323 e. The number of aliphatic hydroxyl groups excluding tert-OH is 2. The highest BCUT2D eigenvalue weighted by molar-refractivity contribution is 5.76. The third-order valence-electron chi connectivity index (χ3n) is 2.38. The van der Waals surface area contributed by atoms with Crippen LogP contribution in [0.25, 0.3) is 0 Å². The smallest absolute Gasteiger partial charge is 0.323 e. The van der Waals surface area contributed by atoms with Crippen molar-refractivity contribution in [2.24, 2.45) is 5.92 Å². The van der Waals surface area contributed by atoms with Gasteiger partial charge < -0.3 is 14.9 Å². The number of rotatable bonds is 3. The minimum absolute atomic E-state index is 0.0238. The van der Waals surface area contributed by atoms with Crippen molar-refractivity contribution in [3.05, 3.63) is 0 Å². The van der Waals surface area contributed by atoms with Crippen molar-refractivity contribution in [3.63, 3.8) is 0 Å². The van der Waals surface area contributed by atoms with Gasteiger partial charge in [-0.15, -0.1) is 0 Å². The zero-order chi connectivity index (χ0) is 9.84. The van der Waals surface area contributed by atoms with Crippen molar-refractivity contribution < 1.29 is 19.7 Å². The van der Waals surface area contributed by atoms with Crippen LogP contribution in [-0.4, -0.2) is 48.6 Å². The van der Waals surface area contributed by atoms with E-state index in [1.54, 1.807) is 0 Å². The molecule has 76 valence electrons. The summed E-state index contributed by atoms with van der Waals surface area (Å²) in [7, 11) is 1.31. The van der Waals surface area contributed by atoms with Gasteiger partial charge in [-0.3, -0.25) is 10.1 Å². The predicted molar refractivity (Wildman–Crippen MR) is 45.0 cm³/mol. The SMILES string of the molecule is COC(=O)[C@H]1N[C@H](CO)C[C@@H]1CO. The minimum atomic E-state index is -0.479. The lowest BCUT2D eigenvalue weighted by Gasteiger charge is -2.14. The van der Waals surface area contributed by atoms with E-state index in [-0.39, 0.29) is 31.1 Å². The molecule has 0 unspecified atom stereocenters. The number of esters is 1. The molecule has 0 aromatic carbocycles. The second kappa shape index (κ2) is 4.55.